The maximum absolute atomic E-state index is 9.84. The molecule has 0 aliphatic heterocycles. The average molecular weight is 237 g/mol. The van der Waals surface area contributed by atoms with Gasteiger partial charge in [-0.25, -0.2) is 0 Å². The molecule has 0 aliphatic carbocycles. The first-order chi connectivity index (χ1) is 7.80. The molecular formula is C14H23NO2. The number of aliphatic hydroxyl groups excluding tert-OH is 1. The molecule has 1 aromatic rings. The Kier molecular flexibility index (Phi) is 4.54. The van der Waals surface area contributed by atoms with Gasteiger partial charge in [0.15, 0.2) is 0 Å². The minimum absolute atomic E-state index is 0.0317. The van der Waals surface area contributed by atoms with Crippen molar-refractivity contribution in [3.05, 3.63) is 29.8 Å². The topological polar surface area (TPSA) is 55.5 Å². The van der Waals surface area contributed by atoms with Crippen molar-refractivity contribution in [1.29, 1.82) is 0 Å². The number of rotatable bonds is 4. The Labute approximate surface area is 104 Å². The molecule has 17 heavy (non-hydrogen) atoms. The van der Waals surface area contributed by atoms with Crippen LogP contribution in [0.25, 0.3) is 0 Å². The number of hydrogen-bond donors (Lipinski definition) is 2. The third-order valence-electron chi connectivity index (χ3n) is 2.81. The van der Waals surface area contributed by atoms with Crippen LogP contribution < -0.4 is 10.5 Å². The zero-order valence-corrected chi connectivity index (χ0v) is 11.1. The molecule has 0 radical (unpaired) electrons. The highest BCUT2D eigenvalue weighted by Crippen LogP contribution is 2.21. The van der Waals surface area contributed by atoms with E-state index in [4.69, 9.17) is 10.5 Å². The predicted octanol–water partition coefficient (Wildman–Crippen LogP) is 2.49. The second kappa shape index (κ2) is 5.52. The van der Waals surface area contributed by atoms with Gasteiger partial charge in [-0.1, -0.05) is 32.9 Å². The van der Waals surface area contributed by atoms with Gasteiger partial charge >= 0.3 is 0 Å². The zero-order valence-electron chi connectivity index (χ0n) is 11.1. The first-order valence-electron chi connectivity index (χ1n) is 5.97. The fourth-order valence-corrected chi connectivity index (χ4v) is 1.29. The lowest BCUT2D eigenvalue weighted by molar-refractivity contribution is 0.0218. The van der Waals surface area contributed by atoms with E-state index >= 15 is 0 Å². The molecule has 0 fully saturated rings. The van der Waals surface area contributed by atoms with Crippen LogP contribution in [0.2, 0.25) is 0 Å². The van der Waals surface area contributed by atoms with Gasteiger partial charge in [-0.15, -0.1) is 0 Å². The monoisotopic (exact) mass is 237 g/mol. The second-order valence-corrected chi connectivity index (χ2v) is 5.55. The van der Waals surface area contributed by atoms with E-state index < -0.39 is 6.10 Å². The molecule has 0 aliphatic rings. The molecule has 1 unspecified atom stereocenters. The third-order valence-corrected chi connectivity index (χ3v) is 2.81. The van der Waals surface area contributed by atoms with E-state index in [9.17, 15) is 5.11 Å². The van der Waals surface area contributed by atoms with E-state index in [1.165, 1.54) is 0 Å². The summed E-state index contributed by atoms with van der Waals surface area (Å²) in [6.45, 7) is 8.21. The molecule has 2 atom stereocenters. The Bertz CT molecular complexity index is 338. The molecule has 1 aromatic carbocycles. The van der Waals surface area contributed by atoms with Gasteiger partial charge in [0, 0.05) is 6.04 Å². The summed E-state index contributed by atoms with van der Waals surface area (Å²) in [7, 11) is 0. The van der Waals surface area contributed by atoms with Gasteiger partial charge in [-0.3, -0.25) is 0 Å². The van der Waals surface area contributed by atoms with Crippen LogP contribution >= 0.6 is 0 Å². The lowest BCUT2D eigenvalue weighted by Gasteiger charge is -2.25. The van der Waals surface area contributed by atoms with Gasteiger partial charge in [0.2, 0.25) is 0 Å². The Morgan fingerprint density at radius 3 is 2.18 bits per heavy atom. The van der Waals surface area contributed by atoms with Crippen molar-refractivity contribution in [3.63, 3.8) is 0 Å². The van der Waals surface area contributed by atoms with E-state index in [-0.39, 0.29) is 11.5 Å². The molecule has 1 rings (SSSR count). The van der Waals surface area contributed by atoms with Gasteiger partial charge < -0.3 is 15.6 Å². The molecule has 0 heterocycles. The first kappa shape index (κ1) is 14.0. The SMILES string of the molecule is C[C@@H](N)c1ccc(OCC(O)C(C)(C)C)cc1. The minimum atomic E-state index is -0.476. The molecular weight excluding hydrogens is 214 g/mol. The zero-order chi connectivity index (χ0) is 13.1. The molecule has 0 amide bonds. The van der Waals surface area contributed by atoms with E-state index in [0.717, 1.165) is 11.3 Å². The van der Waals surface area contributed by atoms with E-state index in [2.05, 4.69) is 0 Å². The third kappa shape index (κ3) is 4.36. The van der Waals surface area contributed by atoms with Crippen molar-refractivity contribution in [2.45, 2.75) is 39.8 Å². The molecule has 0 saturated heterocycles. The van der Waals surface area contributed by atoms with Crippen molar-refractivity contribution in [3.8, 4) is 5.75 Å². The van der Waals surface area contributed by atoms with Crippen LogP contribution in [0.5, 0.6) is 5.75 Å². The molecule has 3 heteroatoms. The molecule has 96 valence electrons. The van der Waals surface area contributed by atoms with Crippen LogP contribution in [-0.4, -0.2) is 17.8 Å². The Morgan fingerprint density at radius 1 is 1.24 bits per heavy atom. The summed E-state index contributed by atoms with van der Waals surface area (Å²) >= 11 is 0. The van der Waals surface area contributed by atoms with Gasteiger partial charge in [0.25, 0.3) is 0 Å². The van der Waals surface area contributed by atoms with Gasteiger partial charge in [-0.05, 0) is 30.0 Å². The molecule has 0 spiro atoms. The summed E-state index contributed by atoms with van der Waals surface area (Å²) in [6, 6.07) is 7.69. The van der Waals surface area contributed by atoms with Gasteiger partial charge in [0.05, 0.1) is 6.10 Å². The number of aliphatic hydroxyl groups is 1. The van der Waals surface area contributed by atoms with Gasteiger partial charge in [-0.2, -0.15) is 0 Å². The minimum Gasteiger partial charge on any atom is -0.491 e. The van der Waals surface area contributed by atoms with Crippen LogP contribution in [0.3, 0.4) is 0 Å². The molecule has 3 nitrogen and oxygen atoms in total. The number of ether oxygens (including phenoxy) is 1. The molecule has 0 aromatic heterocycles. The summed E-state index contributed by atoms with van der Waals surface area (Å²) in [5.41, 5.74) is 6.68. The summed E-state index contributed by atoms with van der Waals surface area (Å²) in [5, 5.41) is 9.84. The molecule has 0 saturated carbocycles. The summed E-state index contributed by atoms with van der Waals surface area (Å²) in [6.07, 6.45) is -0.476. The molecule has 3 N–H and O–H groups in total. The van der Waals surface area contributed by atoms with Crippen LogP contribution in [0.1, 0.15) is 39.3 Å². The smallest absolute Gasteiger partial charge is 0.119 e. The maximum Gasteiger partial charge on any atom is 0.119 e. The van der Waals surface area contributed by atoms with Crippen LogP contribution in [0.15, 0.2) is 24.3 Å². The van der Waals surface area contributed by atoms with Crippen molar-refractivity contribution in [1.82, 2.24) is 0 Å². The van der Waals surface area contributed by atoms with Crippen molar-refractivity contribution >= 4 is 0 Å². The van der Waals surface area contributed by atoms with E-state index in [0.29, 0.717) is 6.61 Å². The normalized spacial score (nSPS) is 15.4. The summed E-state index contributed by atoms with van der Waals surface area (Å²) in [5.74, 6) is 0.762. The summed E-state index contributed by atoms with van der Waals surface area (Å²) in [4.78, 5) is 0. The quantitative estimate of drug-likeness (QED) is 0.846. The van der Waals surface area contributed by atoms with Crippen molar-refractivity contribution in [2.24, 2.45) is 11.1 Å². The number of benzene rings is 1. The predicted molar refractivity (Wildman–Crippen MR) is 70.0 cm³/mol. The fraction of sp³-hybridized carbons (Fsp3) is 0.571. The fourth-order valence-electron chi connectivity index (χ4n) is 1.29. The van der Waals surface area contributed by atoms with Crippen LogP contribution in [0, 0.1) is 5.41 Å². The number of hydrogen-bond acceptors (Lipinski definition) is 3. The number of nitrogens with two attached hydrogens (primary N) is 1. The highest BCUT2D eigenvalue weighted by molar-refractivity contribution is 5.28. The van der Waals surface area contributed by atoms with Gasteiger partial charge in [0.1, 0.15) is 12.4 Å². The lowest BCUT2D eigenvalue weighted by atomic mass is 9.90. The maximum atomic E-state index is 9.84. The van der Waals surface area contributed by atoms with Crippen LogP contribution in [0.4, 0.5) is 0 Å². The second-order valence-electron chi connectivity index (χ2n) is 5.55. The largest absolute Gasteiger partial charge is 0.491 e. The average Bonchev–Trinajstić information content (AvgIpc) is 2.25. The van der Waals surface area contributed by atoms with Crippen LogP contribution in [-0.2, 0) is 0 Å². The standard InChI is InChI=1S/C14H23NO2/c1-10(15)11-5-7-12(8-6-11)17-9-13(16)14(2,3)4/h5-8,10,13,16H,9,15H2,1-4H3/t10-,13?/m1/s1. The van der Waals surface area contributed by atoms with E-state index in [1.54, 1.807) is 0 Å². The highest BCUT2D eigenvalue weighted by atomic mass is 16.5. The van der Waals surface area contributed by atoms with E-state index in [1.807, 2.05) is 52.0 Å². The Morgan fingerprint density at radius 2 is 1.76 bits per heavy atom. The highest BCUT2D eigenvalue weighted by Gasteiger charge is 2.22. The first-order valence-corrected chi connectivity index (χ1v) is 5.97. The lowest BCUT2D eigenvalue weighted by Crippen LogP contribution is -2.31. The molecule has 0 bridgehead atoms. The summed E-state index contributed by atoms with van der Waals surface area (Å²) < 4.78 is 5.54. The Balaban J connectivity index is 2.53. The van der Waals surface area contributed by atoms with Crippen molar-refractivity contribution < 1.29 is 9.84 Å². The Hall–Kier alpha value is -1.06. The van der Waals surface area contributed by atoms with Crippen molar-refractivity contribution in [2.75, 3.05) is 6.61 Å².